The van der Waals surface area contributed by atoms with E-state index >= 15 is 0 Å². The van der Waals surface area contributed by atoms with Gasteiger partial charge in [0.25, 0.3) is 5.69 Å². The monoisotopic (exact) mass is 287 g/mol. The van der Waals surface area contributed by atoms with Crippen LogP contribution in [0.3, 0.4) is 0 Å². The first-order chi connectivity index (χ1) is 10.1. The minimum absolute atomic E-state index is 0.0219. The topological polar surface area (TPSA) is 77.3 Å². The van der Waals surface area contributed by atoms with Crippen molar-refractivity contribution in [2.24, 2.45) is 0 Å². The number of nitrogens with zero attached hydrogens (tertiary/aromatic N) is 2. The van der Waals surface area contributed by atoms with Crippen molar-refractivity contribution in [3.8, 4) is 5.75 Å². The Morgan fingerprint density at radius 2 is 2.19 bits per heavy atom. The molecule has 110 valence electrons. The number of aryl methyl sites for hydroxylation is 1. The molecule has 0 fully saturated rings. The molecule has 0 radical (unpaired) electrons. The zero-order valence-electron chi connectivity index (χ0n) is 12.0. The number of nitro groups is 1. The second-order valence-corrected chi connectivity index (χ2v) is 4.54. The number of hydrogen-bond acceptors (Lipinski definition) is 5. The summed E-state index contributed by atoms with van der Waals surface area (Å²) >= 11 is 0. The van der Waals surface area contributed by atoms with E-state index in [0.717, 1.165) is 23.5 Å². The first kappa shape index (κ1) is 14.8. The first-order valence-electron chi connectivity index (χ1n) is 6.67. The number of ether oxygens (including phenoxy) is 1. The van der Waals surface area contributed by atoms with E-state index in [2.05, 4.69) is 10.3 Å². The van der Waals surface area contributed by atoms with Gasteiger partial charge in [0.1, 0.15) is 18.2 Å². The van der Waals surface area contributed by atoms with Crippen LogP contribution in [0.5, 0.6) is 5.75 Å². The fourth-order valence-electron chi connectivity index (χ4n) is 1.90. The number of nitrogens with one attached hydrogen (secondary N) is 1. The molecule has 0 saturated carbocycles. The minimum Gasteiger partial charge on any atom is -0.488 e. The van der Waals surface area contributed by atoms with Crippen LogP contribution in [0.2, 0.25) is 0 Å². The normalized spacial score (nSPS) is 10.2. The molecular weight excluding hydrogens is 270 g/mol. The Bertz CT molecular complexity index is 644. The molecule has 0 saturated heterocycles. The average Bonchev–Trinajstić information content (AvgIpc) is 2.48. The Kier molecular flexibility index (Phi) is 4.71. The van der Waals surface area contributed by atoms with Crippen LogP contribution in [0, 0.1) is 17.0 Å². The minimum atomic E-state index is -0.430. The van der Waals surface area contributed by atoms with Crippen LogP contribution in [0.25, 0.3) is 0 Å². The fourth-order valence-corrected chi connectivity index (χ4v) is 1.90. The molecule has 6 heteroatoms. The SMILES string of the molecule is CCNc1ncccc1COc1cc([N+](=O)[O-])ccc1C. The largest absolute Gasteiger partial charge is 0.488 e. The van der Waals surface area contributed by atoms with Gasteiger partial charge in [0.2, 0.25) is 0 Å². The molecule has 0 aliphatic carbocycles. The van der Waals surface area contributed by atoms with E-state index in [-0.39, 0.29) is 5.69 Å². The Morgan fingerprint density at radius 1 is 1.38 bits per heavy atom. The lowest BCUT2D eigenvalue weighted by atomic mass is 10.2. The lowest BCUT2D eigenvalue weighted by Crippen LogP contribution is -2.06. The van der Waals surface area contributed by atoms with Crippen LogP contribution in [-0.2, 0) is 6.61 Å². The molecule has 0 unspecified atom stereocenters. The lowest BCUT2D eigenvalue weighted by Gasteiger charge is -2.12. The Labute approximate surface area is 122 Å². The van der Waals surface area contributed by atoms with Crippen molar-refractivity contribution in [2.75, 3.05) is 11.9 Å². The molecule has 0 spiro atoms. The van der Waals surface area contributed by atoms with Crippen LogP contribution >= 0.6 is 0 Å². The first-order valence-corrected chi connectivity index (χ1v) is 6.67. The van der Waals surface area contributed by atoms with Crippen LogP contribution in [0.1, 0.15) is 18.1 Å². The number of nitro benzene ring substituents is 1. The van der Waals surface area contributed by atoms with Crippen LogP contribution in [0.15, 0.2) is 36.5 Å². The number of rotatable bonds is 6. The van der Waals surface area contributed by atoms with Crippen LogP contribution < -0.4 is 10.1 Å². The van der Waals surface area contributed by atoms with Gasteiger partial charge in [0, 0.05) is 24.4 Å². The molecule has 0 aliphatic heterocycles. The Balaban J connectivity index is 2.16. The third-order valence-corrected chi connectivity index (χ3v) is 3.00. The van der Waals surface area contributed by atoms with Crippen molar-refractivity contribution in [1.82, 2.24) is 4.98 Å². The highest BCUT2D eigenvalue weighted by molar-refractivity contribution is 5.45. The molecule has 0 aliphatic rings. The quantitative estimate of drug-likeness (QED) is 0.651. The van der Waals surface area contributed by atoms with E-state index in [4.69, 9.17) is 4.74 Å². The predicted molar refractivity (Wildman–Crippen MR) is 80.6 cm³/mol. The zero-order chi connectivity index (χ0) is 15.2. The summed E-state index contributed by atoms with van der Waals surface area (Å²) in [5, 5.41) is 14.0. The van der Waals surface area contributed by atoms with E-state index in [9.17, 15) is 10.1 Å². The zero-order valence-corrected chi connectivity index (χ0v) is 12.0. The molecule has 1 aromatic heterocycles. The van der Waals surface area contributed by atoms with E-state index in [0.29, 0.717) is 12.4 Å². The van der Waals surface area contributed by atoms with Gasteiger partial charge in [-0.05, 0) is 31.5 Å². The van der Waals surface area contributed by atoms with Crippen LogP contribution in [0.4, 0.5) is 11.5 Å². The standard InChI is InChI=1S/C15H17N3O3/c1-3-16-15-12(5-4-8-17-15)10-21-14-9-13(18(19)20)7-6-11(14)2/h4-9H,3,10H2,1-2H3,(H,16,17). The highest BCUT2D eigenvalue weighted by atomic mass is 16.6. The smallest absolute Gasteiger partial charge is 0.273 e. The molecule has 0 atom stereocenters. The fraction of sp³-hybridized carbons (Fsp3) is 0.267. The summed E-state index contributed by atoms with van der Waals surface area (Å²) < 4.78 is 5.72. The molecule has 0 bridgehead atoms. The van der Waals surface area contributed by atoms with Crippen molar-refractivity contribution in [1.29, 1.82) is 0 Å². The van der Waals surface area contributed by atoms with E-state index in [1.807, 2.05) is 26.0 Å². The summed E-state index contributed by atoms with van der Waals surface area (Å²) in [5.41, 5.74) is 1.79. The summed E-state index contributed by atoms with van der Waals surface area (Å²) in [4.78, 5) is 14.6. The van der Waals surface area contributed by atoms with Gasteiger partial charge in [0.15, 0.2) is 0 Å². The molecule has 6 nitrogen and oxygen atoms in total. The third kappa shape index (κ3) is 3.68. The summed E-state index contributed by atoms with van der Waals surface area (Å²) in [7, 11) is 0. The maximum atomic E-state index is 10.8. The van der Waals surface area contributed by atoms with Gasteiger partial charge in [0.05, 0.1) is 11.0 Å². The van der Waals surface area contributed by atoms with Gasteiger partial charge in [-0.15, -0.1) is 0 Å². The van der Waals surface area contributed by atoms with E-state index in [1.54, 1.807) is 12.3 Å². The number of pyridine rings is 1. The lowest BCUT2D eigenvalue weighted by molar-refractivity contribution is -0.385. The van der Waals surface area contributed by atoms with Crippen molar-refractivity contribution in [3.63, 3.8) is 0 Å². The third-order valence-electron chi connectivity index (χ3n) is 3.00. The second kappa shape index (κ2) is 6.69. The number of benzene rings is 1. The molecule has 2 rings (SSSR count). The maximum absolute atomic E-state index is 10.8. The molecule has 2 aromatic rings. The molecule has 1 heterocycles. The van der Waals surface area contributed by atoms with Gasteiger partial charge in [-0.2, -0.15) is 0 Å². The highest BCUT2D eigenvalue weighted by Gasteiger charge is 2.10. The number of hydrogen-bond donors (Lipinski definition) is 1. The van der Waals surface area contributed by atoms with Crippen molar-refractivity contribution >= 4 is 11.5 Å². The van der Waals surface area contributed by atoms with Gasteiger partial charge in [-0.1, -0.05) is 6.07 Å². The molecule has 1 aromatic carbocycles. The van der Waals surface area contributed by atoms with E-state index < -0.39 is 4.92 Å². The van der Waals surface area contributed by atoms with Gasteiger partial charge in [-0.25, -0.2) is 4.98 Å². The summed E-state index contributed by atoms with van der Waals surface area (Å²) in [6, 6.07) is 8.34. The van der Waals surface area contributed by atoms with Crippen molar-refractivity contribution in [2.45, 2.75) is 20.5 Å². The summed E-state index contributed by atoms with van der Waals surface area (Å²) in [6.07, 6.45) is 1.71. The molecular formula is C15H17N3O3. The molecule has 1 N–H and O–H groups in total. The maximum Gasteiger partial charge on any atom is 0.273 e. The summed E-state index contributed by atoms with van der Waals surface area (Å²) in [5.74, 6) is 1.28. The number of anilines is 1. The Hall–Kier alpha value is -2.63. The second-order valence-electron chi connectivity index (χ2n) is 4.54. The molecule has 21 heavy (non-hydrogen) atoms. The van der Waals surface area contributed by atoms with Crippen molar-refractivity contribution in [3.05, 3.63) is 57.8 Å². The Morgan fingerprint density at radius 3 is 2.90 bits per heavy atom. The molecule has 0 amide bonds. The van der Waals surface area contributed by atoms with Gasteiger partial charge < -0.3 is 10.1 Å². The number of non-ortho nitro benzene ring substituents is 1. The highest BCUT2D eigenvalue weighted by Crippen LogP contribution is 2.25. The van der Waals surface area contributed by atoms with Gasteiger partial charge in [-0.3, -0.25) is 10.1 Å². The summed E-state index contributed by atoms with van der Waals surface area (Å²) in [6.45, 7) is 4.91. The van der Waals surface area contributed by atoms with E-state index in [1.165, 1.54) is 12.1 Å². The van der Waals surface area contributed by atoms with Crippen LogP contribution in [-0.4, -0.2) is 16.5 Å². The van der Waals surface area contributed by atoms with Gasteiger partial charge >= 0.3 is 0 Å². The van der Waals surface area contributed by atoms with Crippen molar-refractivity contribution < 1.29 is 9.66 Å². The average molecular weight is 287 g/mol. The number of aromatic nitrogens is 1. The predicted octanol–water partition coefficient (Wildman–Crippen LogP) is 3.31.